The Hall–Kier alpha value is -2.63. The molecule has 0 unspecified atom stereocenters. The lowest BCUT2D eigenvalue weighted by atomic mass is 10.2. The predicted octanol–water partition coefficient (Wildman–Crippen LogP) is 3.96. The van der Waals surface area contributed by atoms with Gasteiger partial charge >= 0.3 is 0 Å². The highest BCUT2D eigenvalue weighted by Gasteiger charge is 2.16. The number of rotatable bonds is 5. The zero-order valence-electron chi connectivity index (χ0n) is 13.3. The quantitative estimate of drug-likeness (QED) is 0.713. The second kappa shape index (κ2) is 6.24. The molecule has 0 saturated carbocycles. The molecule has 120 valence electrons. The fraction of sp³-hybridized carbons (Fsp3) is 0.294. The Bertz CT molecular complexity index is 815. The molecule has 23 heavy (non-hydrogen) atoms. The maximum atomic E-state index is 12.1. The van der Waals surface area contributed by atoms with E-state index < -0.39 is 6.67 Å². The molecule has 0 radical (unpaired) electrons. The molecule has 5 nitrogen and oxygen atoms in total. The molecule has 0 amide bonds. The maximum absolute atomic E-state index is 12.1. The highest BCUT2D eigenvalue weighted by atomic mass is 19.1. The van der Waals surface area contributed by atoms with Crippen LogP contribution in [-0.4, -0.2) is 30.3 Å². The van der Waals surface area contributed by atoms with Crippen LogP contribution in [0.15, 0.2) is 34.9 Å². The van der Waals surface area contributed by atoms with Crippen molar-refractivity contribution in [2.75, 3.05) is 25.2 Å². The third-order valence-corrected chi connectivity index (χ3v) is 3.60. The largest absolute Gasteiger partial charge is 0.491 e. The lowest BCUT2D eigenvalue weighted by molar-refractivity contribution is 0.273. The standard InChI is InChI=1S/C17H18FN3O2/c1-11-10-23-17-15(11)16(19-12(2)20-17)21(3)13-4-6-14(7-5-13)22-9-8-18/h4-7,10H,8-9H2,1-3H3. The van der Waals surface area contributed by atoms with Gasteiger partial charge in [-0.2, -0.15) is 4.98 Å². The van der Waals surface area contributed by atoms with Crippen LogP contribution >= 0.6 is 0 Å². The van der Waals surface area contributed by atoms with E-state index in [0.29, 0.717) is 17.3 Å². The Morgan fingerprint density at radius 2 is 1.91 bits per heavy atom. The molecule has 0 bridgehead atoms. The van der Waals surface area contributed by atoms with E-state index in [1.807, 2.05) is 50.1 Å². The summed E-state index contributed by atoms with van der Waals surface area (Å²) >= 11 is 0. The summed E-state index contributed by atoms with van der Waals surface area (Å²) in [5.41, 5.74) is 2.52. The third kappa shape index (κ3) is 2.97. The molecule has 0 saturated heterocycles. The van der Waals surface area contributed by atoms with E-state index in [2.05, 4.69) is 9.97 Å². The predicted molar refractivity (Wildman–Crippen MR) is 87.3 cm³/mol. The van der Waals surface area contributed by atoms with E-state index >= 15 is 0 Å². The van der Waals surface area contributed by atoms with E-state index in [4.69, 9.17) is 9.15 Å². The molecule has 0 atom stereocenters. The SMILES string of the molecule is Cc1nc(N(C)c2ccc(OCCF)cc2)c2c(C)coc2n1. The van der Waals surface area contributed by atoms with Gasteiger partial charge in [-0.3, -0.25) is 0 Å². The molecule has 0 aliphatic rings. The number of furan rings is 1. The van der Waals surface area contributed by atoms with E-state index in [9.17, 15) is 4.39 Å². The van der Waals surface area contributed by atoms with Crippen molar-refractivity contribution < 1.29 is 13.5 Å². The van der Waals surface area contributed by atoms with Crippen LogP contribution in [0.25, 0.3) is 11.1 Å². The topological polar surface area (TPSA) is 51.4 Å². The number of nitrogens with zero attached hydrogens (tertiary/aromatic N) is 3. The van der Waals surface area contributed by atoms with Crippen molar-refractivity contribution in [3.63, 3.8) is 0 Å². The molecule has 2 aromatic heterocycles. The van der Waals surface area contributed by atoms with Gasteiger partial charge in [0.05, 0.1) is 11.6 Å². The van der Waals surface area contributed by atoms with Gasteiger partial charge in [-0.25, -0.2) is 9.37 Å². The van der Waals surface area contributed by atoms with Crippen molar-refractivity contribution in [1.29, 1.82) is 0 Å². The summed E-state index contributed by atoms with van der Waals surface area (Å²) in [5, 5.41) is 0.899. The first kappa shape index (κ1) is 15.3. The number of aryl methyl sites for hydroxylation is 2. The first-order chi connectivity index (χ1) is 11.1. The fourth-order valence-electron chi connectivity index (χ4n) is 2.45. The van der Waals surface area contributed by atoms with Gasteiger partial charge < -0.3 is 14.1 Å². The monoisotopic (exact) mass is 315 g/mol. The number of halogens is 1. The van der Waals surface area contributed by atoms with Gasteiger partial charge in [0, 0.05) is 18.3 Å². The molecule has 0 fully saturated rings. The van der Waals surface area contributed by atoms with Crippen molar-refractivity contribution in [1.82, 2.24) is 9.97 Å². The lowest BCUT2D eigenvalue weighted by Gasteiger charge is -2.20. The zero-order chi connectivity index (χ0) is 16.4. The minimum absolute atomic E-state index is 0.0646. The molecule has 0 N–H and O–H groups in total. The van der Waals surface area contributed by atoms with Crippen molar-refractivity contribution in [3.8, 4) is 5.75 Å². The summed E-state index contributed by atoms with van der Waals surface area (Å²) in [4.78, 5) is 10.8. The van der Waals surface area contributed by atoms with Crippen molar-refractivity contribution in [2.45, 2.75) is 13.8 Å². The Morgan fingerprint density at radius 3 is 2.61 bits per heavy atom. The molecular weight excluding hydrogens is 297 g/mol. The number of fused-ring (bicyclic) bond motifs is 1. The summed E-state index contributed by atoms with van der Waals surface area (Å²) in [5.74, 6) is 2.08. The lowest BCUT2D eigenvalue weighted by Crippen LogP contribution is -2.13. The van der Waals surface area contributed by atoms with Gasteiger partial charge in [0.15, 0.2) is 0 Å². The van der Waals surface area contributed by atoms with Gasteiger partial charge in [-0.05, 0) is 38.1 Å². The third-order valence-electron chi connectivity index (χ3n) is 3.60. The first-order valence-electron chi connectivity index (χ1n) is 7.35. The Labute approximate surface area is 133 Å². The number of anilines is 2. The second-order valence-corrected chi connectivity index (χ2v) is 5.28. The van der Waals surface area contributed by atoms with Crippen molar-refractivity contribution >= 4 is 22.6 Å². The van der Waals surface area contributed by atoms with Gasteiger partial charge in [-0.1, -0.05) is 0 Å². The molecule has 3 aromatic rings. The van der Waals surface area contributed by atoms with Crippen LogP contribution in [0.4, 0.5) is 15.9 Å². The van der Waals surface area contributed by atoms with E-state index in [0.717, 1.165) is 22.5 Å². The van der Waals surface area contributed by atoms with Crippen molar-refractivity contribution in [2.24, 2.45) is 0 Å². The van der Waals surface area contributed by atoms with Crippen LogP contribution in [0, 0.1) is 13.8 Å². The fourth-order valence-corrected chi connectivity index (χ4v) is 2.45. The minimum Gasteiger partial charge on any atom is -0.491 e. The minimum atomic E-state index is -0.500. The molecule has 1 aromatic carbocycles. The van der Waals surface area contributed by atoms with E-state index in [-0.39, 0.29) is 6.61 Å². The Kier molecular flexibility index (Phi) is 4.14. The van der Waals surface area contributed by atoms with Gasteiger partial charge in [0.25, 0.3) is 0 Å². The van der Waals surface area contributed by atoms with Gasteiger partial charge in [0.1, 0.15) is 30.7 Å². The van der Waals surface area contributed by atoms with Crippen LogP contribution in [0.5, 0.6) is 5.75 Å². The molecule has 3 rings (SSSR count). The van der Waals surface area contributed by atoms with Crippen LogP contribution < -0.4 is 9.64 Å². The Balaban J connectivity index is 1.96. The molecule has 0 spiro atoms. The smallest absolute Gasteiger partial charge is 0.231 e. The van der Waals surface area contributed by atoms with Crippen LogP contribution in [-0.2, 0) is 0 Å². The average molecular weight is 315 g/mol. The highest BCUT2D eigenvalue weighted by molar-refractivity contribution is 5.91. The van der Waals surface area contributed by atoms with Crippen LogP contribution in [0.3, 0.4) is 0 Å². The number of benzene rings is 1. The van der Waals surface area contributed by atoms with Gasteiger partial charge in [-0.15, -0.1) is 0 Å². The summed E-state index contributed by atoms with van der Waals surface area (Å²) in [6.07, 6.45) is 1.68. The number of ether oxygens (including phenoxy) is 1. The summed E-state index contributed by atoms with van der Waals surface area (Å²) < 4.78 is 22.9. The summed E-state index contributed by atoms with van der Waals surface area (Å²) in [6.45, 7) is 3.37. The molecule has 2 heterocycles. The first-order valence-corrected chi connectivity index (χ1v) is 7.35. The summed E-state index contributed by atoms with van der Waals surface area (Å²) in [7, 11) is 1.94. The van der Waals surface area contributed by atoms with Crippen LogP contribution in [0.1, 0.15) is 11.4 Å². The number of aromatic nitrogens is 2. The Morgan fingerprint density at radius 1 is 1.17 bits per heavy atom. The second-order valence-electron chi connectivity index (χ2n) is 5.28. The number of hydrogen-bond donors (Lipinski definition) is 0. The molecular formula is C17H18FN3O2. The van der Waals surface area contributed by atoms with Crippen LogP contribution in [0.2, 0.25) is 0 Å². The average Bonchev–Trinajstić information content (AvgIpc) is 2.93. The summed E-state index contributed by atoms with van der Waals surface area (Å²) in [6, 6.07) is 7.45. The maximum Gasteiger partial charge on any atom is 0.231 e. The van der Waals surface area contributed by atoms with Gasteiger partial charge in [0.2, 0.25) is 5.71 Å². The molecule has 0 aliphatic carbocycles. The highest BCUT2D eigenvalue weighted by Crippen LogP contribution is 2.32. The number of alkyl halides is 1. The van der Waals surface area contributed by atoms with Crippen molar-refractivity contribution in [3.05, 3.63) is 41.9 Å². The normalized spacial score (nSPS) is 11.0. The number of hydrogen-bond acceptors (Lipinski definition) is 5. The van der Waals surface area contributed by atoms with E-state index in [1.54, 1.807) is 6.26 Å². The van der Waals surface area contributed by atoms with E-state index in [1.165, 1.54) is 0 Å². The molecule has 6 heteroatoms. The molecule has 0 aliphatic heterocycles. The zero-order valence-corrected chi connectivity index (χ0v) is 13.3.